The van der Waals surface area contributed by atoms with Crippen LogP contribution >= 0.6 is 0 Å². The number of fused-ring (bicyclic) bond motifs is 2. The van der Waals surface area contributed by atoms with Gasteiger partial charge in [0.2, 0.25) is 0 Å². The van der Waals surface area contributed by atoms with Gasteiger partial charge in [-0.05, 0) is 34.0 Å². The third kappa shape index (κ3) is 4.47. The predicted octanol–water partition coefficient (Wildman–Crippen LogP) is 9.13. The molecule has 42 heavy (non-hydrogen) atoms. The van der Waals surface area contributed by atoms with Gasteiger partial charge in [0.1, 0.15) is 11.3 Å². The molecular formula is C37H26N4O. The maximum absolute atomic E-state index is 6.10. The largest absolute Gasteiger partial charge is 0.456 e. The van der Waals surface area contributed by atoms with Crippen LogP contribution in [0.5, 0.6) is 0 Å². The highest BCUT2D eigenvalue weighted by atomic mass is 16.3. The third-order valence-corrected chi connectivity index (χ3v) is 7.38. The van der Waals surface area contributed by atoms with Gasteiger partial charge in [-0.3, -0.25) is 4.99 Å². The fourth-order valence-corrected chi connectivity index (χ4v) is 5.40. The quantitative estimate of drug-likeness (QED) is 0.197. The van der Waals surface area contributed by atoms with Gasteiger partial charge in [0.25, 0.3) is 0 Å². The average molecular weight is 543 g/mol. The SMILES string of the molecule is C=Cc1oc2cccc(-c3nc(-c4ccccc4)nc(-c4ccc(-c5cccc6ccccc56)cc4)n3)c2c1/C=N\C. The number of hydrogen-bond donors (Lipinski definition) is 0. The molecule has 0 radical (unpaired) electrons. The Hall–Kier alpha value is -5.68. The van der Waals surface area contributed by atoms with Crippen molar-refractivity contribution in [2.75, 3.05) is 7.05 Å². The number of aromatic nitrogens is 3. The molecule has 5 aromatic carbocycles. The first-order valence-corrected chi connectivity index (χ1v) is 13.7. The lowest BCUT2D eigenvalue weighted by Gasteiger charge is -2.11. The molecule has 0 saturated carbocycles. The molecule has 0 atom stereocenters. The van der Waals surface area contributed by atoms with E-state index in [0.29, 0.717) is 23.2 Å². The van der Waals surface area contributed by atoms with E-state index in [1.54, 1.807) is 19.3 Å². The molecule has 0 fully saturated rings. The molecular weight excluding hydrogens is 516 g/mol. The maximum atomic E-state index is 6.10. The van der Waals surface area contributed by atoms with Crippen molar-refractivity contribution in [3.05, 3.63) is 133 Å². The van der Waals surface area contributed by atoms with E-state index in [-0.39, 0.29) is 0 Å². The zero-order valence-electron chi connectivity index (χ0n) is 23.0. The number of rotatable bonds is 6. The molecule has 0 unspecified atom stereocenters. The molecule has 7 rings (SSSR count). The van der Waals surface area contributed by atoms with Crippen LogP contribution in [-0.2, 0) is 0 Å². The lowest BCUT2D eigenvalue weighted by molar-refractivity contribution is 0.604. The number of hydrogen-bond acceptors (Lipinski definition) is 5. The molecule has 0 N–H and O–H groups in total. The summed E-state index contributed by atoms with van der Waals surface area (Å²) in [6.45, 7) is 3.93. The van der Waals surface area contributed by atoms with Gasteiger partial charge >= 0.3 is 0 Å². The van der Waals surface area contributed by atoms with Crippen LogP contribution in [0.25, 0.3) is 73.1 Å². The molecule has 0 aliphatic carbocycles. The van der Waals surface area contributed by atoms with Crippen molar-refractivity contribution in [1.82, 2.24) is 15.0 Å². The van der Waals surface area contributed by atoms with Gasteiger partial charge in [-0.1, -0.05) is 116 Å². The summed E-state index contributed by atoms with van der Waals surface area (Å²) in [6, 6.07) is 39.1. The van der Waals surface area contributed by atoms with Crippen molar-refractivity contribution in [3.63, 3.8) is 0 Å². The van der Waals surface area contributed by atoms with Crippen LogP contribution < -0.4 is 0 Å². The second kappa shape index (κ2) is 10.7. The van der Waals surface area contributed by atoms with Crippen LogP contribution in [0.4, 0.5) is 0 Å². The minimum absolute atomic E-state index is 0.560. The predicted molar refractivity (Wildman–Crippen MR) is 172 cm³/mol. The Bertz CT molecular complexity index is 2100. The summed E-state index contributed by atoms with van der Waals surface area (Å²) in [7, 11) is 1.74. The number of benzene rings is 5. The van der Waals surface area contributed by atoms with Gasteiger partial charge in [-0.15, -0.1) is 0 Å². The van der Waals surface area contributed by atoms with E-state index < -0.39 is 0 Å². The molecule has 0 bridgehead atoms. The van der Waals surface area contributed by atoms with E-state index in [1.165, 1.54) is 16.3 Å². The van der Waals surface area contributed by atoms with E-state index in [1.807, 2.05) is 48.5 Å². The molecule has 0 aliphatic heterocycles. The van der Waals surface area contributed by atoms with Crippen LogP contribution in [0.1, 0.15) is 11.3 Å². The Morgan fingerprint density at radius 3 is 2.00 bits per heavy atom. The first-order chi connectivity index (χ1) is 20.7. The van der Waals surface area contributed by atoms with E-state index >= 15 is 0 Å². The van der Waals surface area contributed by atoms with Gasteiger partial charge < -0.3 is 4.42 Å². The third-order valence-electron chi connectivity index (χ3n) is 7.38. The van der Waals surface area contributed by atoms with Gasteiger partial charge in [0.05, 0.1) is 0 Å². The van der Waals surface area contributed by atoms with E-state index in [9.17, 15) is 0 Å². The summed E-state index contributed by atoms with van der Waals surface area (Å²) in [4.78, 5) is 19.1. The highest BCUT2D eigenvalue weighted by molar-refractivity contribution is 6.07. The van der Waals surface area contributed by atoms with Gasteiger partial charge in [0.15, 0.2) is 17.5 Å². The van der Waals surface area contributed by atoms with Crippen molar-refractivity contribution in [2.45, 2.75) is 0 Å². The van der Waals surface area contributed by atoms with Gasteiger partial charge in [0, 0.05) is 40.9 Å². The average Bonchev–Trinajstić information content (AvgIpc) is 3.42. The standard InChI is InChI=1S/C37H26N4O/c1-3-32-31(23-38-2)34-30(17-10-18-33(34)42-32)37-40-35(26-12-5-4-6-13-26)39-36(41-37)27-21-19-25(20-22-27)29-16-9-14-24-11-7-8-15-28(24)29/h3-23H,1H2,2H3/b38-23-. The summed E-state index contributed by atoms with van der Waals surface area (Å²) in [6.07, 6.45) is 3.49. The zero-order chi connectivity index (χ0) is 28.5. The van der Waals surface area contributed by atoms with Crippen LogP contribution in [0.15, 0.2) is 131 Å². The van der Waals surface area contributed by atoms with E-state index in [0.717, 1.165) is 38.8 Å². The normalized spacial score (nSPS) is 11.5. The topological polar surface area (TPSA) is 64.2 Å². The van der Waals surface area contributed by atoms with Crippen molar-refractivity contribution >= 4 is 34.0 Å². The van der Waals surface area contributed by atoms with E-state index in [4.69, 9.17) is 19.4 Å². The first-order valence-electron chi connectivity index (χ1n) is 13.7. The lowest BCUT2D eigenvalue weighted by atomic mass is 9.97. The second-order valence-corrected chi connectivity index (χ2v) is 9.93. The Morgan fingerprint density at radius 1 is 0.619 bits per heavy atom. The molecule has 0 spiro atoms. The summed E-state index contributed by atoms with van der Waals surface area (Å²) in [5.41, 5.74) is 6.55. The first kappa shape index (κ1) is 25.3. The monoisotopic (exact) mass is 542 g/mol. The van der Waals surface area contributed by atoms with Crippen molar-refractivity contribution in [1.29, 1.82) is 0 Å². The molecule has 0 amide bonds. The molecule has 200 valence electrons. The molecule has 0 saturated heterocycles. The number of aliphatic imine (C=N–C) groups is 1. The molecule has 2 aromatic heterocycles. The summed E-state index contributed by atoms with van der Waals surface area (Å²) in [5.74, 6) is 2.41. The molecule has 5 nitrogen and oxygen atoms in total. The molecule has 7 aromatic rings. The molecule has 5 heteroatoms. The highest BCUT2D eigenvalue weighted by Gasteiger charge is 2.19. The fourth-order valence-electron chi connectivity index (χ4n) is 5.40. The summed E-state index contributed by atoms with van der Waals surface area (Å²) in [5, 5.41) is 3.33. The van der Waals surface area contributed by atoms with Crippen LogP contribution in [-0.4, -0.2) is 28.2 Å². The Morgan fingerprint density at radius 2 is 1.24 bits per heavy atom. The molecule has 0 aliphatic rings. The lowest BCUT2D eigenvalue weighted by Crippen LogP contribution is -2.00. The Kier molecular flexibility index (Phi) is 6.45. The Labute approximate surface area is 243 Å². The summed E-state index contributed by atoms with van der Waals surface area (Å²) >= 11 is 0. The zero-order valence-corrected chi connectivity index (χ0v) is 23.0. The van der Waals surface area contributed by atoms with Crippen LogP contribution in [0.3, 0.4) is 0 Å². The van der Waals surface area contributed by atoms with Crippen molar-refractivity contribution < 1.29 is 4.42 Å². The number of nitrogens with zero attached hydrogens (tertiary/aromatic N) is 4. The summed E-state index contributed by atoms with van der Waals surface area (Å²) < 4.78 is 6.10. The minimum atomic E-state index is 0.560. The van der Waals surface area contributed by atoms with Crippen LogP contribution in [0.2, 0.25) is 0 Å². The van der Waals surface area contributed by atoms with Crippen molar-refractivity contribution in [2.24, 2.45) is 4.99 Å². The molecule has 2 heterocycles. The number of furan rings is 1. The fraction of sp³-hybridized carbons (Fsp3) is 0.0270. The Balaban J connectivity index is 1.40. The van der Waals surface area contributed by atoms with E-state index in [2.05, 4.69) is 78.3 Å². The minimum Gasteiger partial charge on any atom is -0.456 e. The van der Waals surface area contributed by atoms with Gasteiger partial charge in [-0.25, -0.2) is 15.0 Å². The second-order valence-electron chi connectivity index (χ2n) is 9.93. The maximum Gasteiger partial charge on any atom is 0.164 e. The highest BCUT2D eigenvalue weighted by Crippen LogP contribution is 2.35. The smallest absolute Gasteiger partial charge is 0.164 e. The van der Waals surface area contributed by atoms with Gasteiger partial charge in [-0.2, -0.15) is 0 Å². The van der Waals surface area contributed by atoms with Crippen LogP contribution in [0, 0.1) is 0 Å². The van der Waals surface area contributed by atoms with Crippen molar-refractivity contribution in [3.8, 4) is 45.3 Å².